The van der Waals surface area contributed by atoms with E-state index in [-0.39, 0.29) is 28.1 Å². The van der Waals surface area contributed by atoms with Crippen LogP contribution < -0.4 is 9.80 Å². The monoisotopic (exact) mass is 716 g/mol. The molecule has 5 rings (SSSR count). The van der Waals surface area contributed by atoms with E-state index in [0.717, 1.165) is 49.5 Å². The first-order valence-electron chi connectivity index (χ1n) is 16.4. The highest BCUT2D eigenvalue weighted by atomic mass is 32.1. The van der Waals surface area contributed by atoms with Gasteiger partial charge >= 0.3 is 12.3 Å². The first-order valence-corrected chi connectivity index (χ1v) is 16.8. The Bertz CT molecular complexity index is 1720. The molecule has 0 unspecified atom stereocenters. The Hall–Kier alpha value is -4.29. The summed E-state index contributed by atoms with van der Waals surface area (Å²) in [7, 11) is 0. The summed E-state index contributed by atoms with van der Waals surface area (Å²) in [5.74, 6) is -1.58. The molecule has 15 heteroatoms. The fourth-order valence-electron chi connectivity index (χ4n) is 6.57. The molecule has 0 N–H and O–H groups in total. The number of nitriles is 1. The number of likely N-dealkylation sites (tertiary alicyclic amines) is 1. The van der Waals surface area contributed by atoms with Gasteiger partial charge in [0.15, 0.2) is 5.11 Å². The minimum atomic E-state index is -4.85. The molecule has 3 aliphatic heterocycles. The fourth-order valence-corrected chi connectivity index (χ4v) is 7.09. The molecule has 50 heavy (non-hydrogen) atoms. The molecule has 2 aromatic rings. The van der Waals surface area contributed by atoms with E-state index in [4.69, 9.17) is 22.2 Å². The maximum atomic E-state index is 15.6. The van der Waals surface area contributed by atoms with Crippen LogP contribution in [0.5, 0.6) is 0 Å². The van der Waals surface area contributed by atoms with Crippen molar-refractivity contribution in [3.05, 3.63) is 58.9 Å². The van der Waals surface area contributed by atoms with E-state index in [1.807, 2.05) is 20.8 Å². The highest BCUT2D eigenvalue weighted by molar-refractivity contribution is 7.81. The number of nitrogens with zero attached hydrogens (tertiary/aromatic N) is 6. The lowest BCUT2D eigenvalue weighted by Gasteiger charge is -2.39. The van der Waals surface area contributed by atoms with Gasteiger partial charge in [-0.05, 0) is 102 Å². The van der Waals surface area contributed by atoms with Crippen molar-refractivity contribution in [3.8, 4) is 6.07 Å². The fraction of sp³-hybridized carbons (Fsp3) is 0.514. The van der Waals surface area contributed by atoms with Crippen molar-refractivity contribution in [2.75, 3.05) is 55.6 Å². The third kappa shape index (κ3) is 7.56. The second-order valence-corrected chi connectivity index (χ2v) is 14.7. The number of halogens is 4. The lowest BCUT2D eigenvalue weighted by Crippen LogP contribution is -2.51. The first kappa shape index (κ1) is 37.0. The number of amides is 3. The summed E-state index contributed by atoms with van der Waals surface area (Å²) in [6, 6.07) is 8.28. The number of anilines is 2. The van der Waals surface area contributed by atoms with Crippen LogP contribution in [0.15, 0.2) is 36.4 Å². The van der Waals surface area contributed by atoms with Crippen LogP contribution >= 0.6 is 12.2 Å². The van der Waals surface area contributed by atoms with E-state index in [2.05, 4.69) is 4.90 Å². The van der Waals surface area contributed by atoms with Crippen LogP contribution in [0.25, 0.3) is 0 Å². The SMILES string of the molecule is CC(C)(C)OC(=O)N1CCN(CC2CCN(C(=O)c3ccc(N4C(=S)N(c5ccc(C#N)c(C(F)(F)F)c5)C(=O)C4(C)C)cc3F)CC2)CC1. The van der Waals surface area contributed by atoms with Gasteiger partial charge in [0.2, 0.25) is 0 Å². The summed E-state index contributed by atoms with van der Waals surface area (Å²) in [6.07, 6.45) is -3.66. The van der Waals surface area contributed by atoms with E-state index >= 15 is 4.39 Å². The van der Waals surface area contributed by atoms with E-state index < -0.39 is 46.1 Å². The average molecular weight is 717 g/mol. The summed E-state index contributed by atoms with van der Waals surface area (Å²) < 4.78 is 62.1. The van der Waals surface area contributed by atoms with Crippen molar-refractivity contribution >= 4 is 46.6 Å². The standard InChI is InChI=1S/C35H40F4N6O4S/c1-33(2,3)49-32(48)43-16-14-41(15-17-43)21-22-10-12-42(13-11-22)29(46)26-9-8-25(19-28(26)36)45-31(50)44(30(47)34(45,4)5)24-7-6-23(20-40)27(18-24)35(37,38)39/h6-9,18-19,22H,10-17,21H2,1-5H3. The van der Waals surface area contributed by atoms with E-state index in [1.165, 1.54) is 43.0 Å². The second-order valence-electron chi connectivity index (χ2n) is 14.3. The van der Waals surface area contributed by atoms with Crippen molar-refractivity contribution in [2.24, 2.45) is 5.92 Å². The average Bonchev–Trinajstić information content (AvgIpc) is 3.22. The van der Waals surface area contributed by atoms with Crippen LogP contribution in [-0.4, -0.2) is 94.7 Å². The van der Waals surface area contributed by atoms with Gasteiger partial charge in [0.1, 0.15) is 17.0 Å². The van der Waals surface area contributed by atoms with Gasteiger partial charge in [-0.2, -0.15) is 18.4 Å². The van der Waals surface area contributed by atoms with Crippen molar-refractivity contribution in [3.63, 3.8) is 0 Å². The van der Waals surface area contributed by atoms with Crippen LogP contribution in [0.1, 0.15) is 68.9 Å². The summed E-state index contributed by atoms with van der Waals surface area (Å²) in [6.45, 7) is 12.9. The third-order valence-corrected chi connectivity index (χ3v) is 9.60. The maximum Gasteiger partial charge on any atom is 0.417 e. The predicted molar refractivity (Wildman–Crippen MR) is 182 cm³/mol. The number of rotatable bonds is 5. The van der Waals surface area contributed by atoms with Gasteiger partial charge in [0, 0.05) is 51.5 Å². The molecule has 268 valence electrons. The molecule has 3 heterocycles. The smallest absolute Gasteiger partial charge is 0.417 e. The largest absolute Gasteiger partial charge is 0.444 e. The van der Waals surface area contributed by atoms with Crippen LogP contribution in [0.2, 0.25) is 0 Å². The molecule has 0 bridgehead atoms. The lowest BCUT2D eigenvalue weighted by atomic mass is 9.95. The van der Waals surface area contributed by atoms with Crippen molar-refractivity contribution in [1.82, 2.24) is 14.7 Å². The highest BCUT2D eigenvalue weighted by Gasteiger charge is 2.51. The van der Waals surface area contributed by atoms with E-state index in [0.29, 0.717) is 38.2 Å². The Morgan fingerprint density at radius 2 is 1.58 bits per heavy atom. The molecule has 0 saturated carbocycles. The predicted octanol–water partition coefficient (Wildman–Crippen LogP) is 6.04. The molecule has 3 fully saturated rings. The van der Waals surface area contributed by atoms with Crippen LogP contribution in [0.3, 0.4) is 0 Å². The molecule has 0 aromatic heterocycles. The van der Waals surface area contributed by atoms with Crippen molar-refractivity contribution < 1.29 is 36.7 Å². The summed E-state index contributed by atoms with van der Waals surface area (Å²) in [4.78, 5) is 47.2. The number of hydrogen-bond acceptors (Lipinski definition) is 7. The molecular weight excluding hydrogens is 676 g/mol. The summed E-state index contributed by atoms with van der Waals surface area (Å²) >= 11 is 5.55. The minimum Gasteiger partial charge on any atom is -0.444 e. The van der Waals surface area contributed by atoms with Gasteiger partial charge in [0.25, 0.3) is 11.8 Å². The number of carbonyl (C=O) groups is 3. The van der Waals surface area contributed by atoms with Crippen LogP contribution in [0, 0.1) is 23.1 Å². The zero-order chi connectivity index (χ0) is 36.8. The third-order valence-electron chi connectivity index (χ3n) is 9.24. The number of alkyl halides is 3. The van der Waals surface area contributed by atoms with Gasteiger partial charge in [-0.1, -0.05) is 0 Å². The molecule has 10 nitrogen and oxygen atoms in total. The minimum absolute atomic E-state index is 0.140. The zero-order valence-electron chi connectivity index (χ0n) is 28.6. The van der Waals surface area contributed by atoms with E-state index in [1.54, 1.807) is 9.80 Å². The van der Waals surface area contributed by atoms with Crippen LogP contribution in [0.4, 0.5) is 33.7 Å². The Balaban J connectivity index is 1.21. The number of piperidine rings is 1. The number of thiocarbonyl (C=S) groups is 1. The van der Waals surface area contributed by atoms with E-state index in [9.17, 15) is 27.6 Å². The Labute approximate surface area is 294 Å². The molecule has 0 spiro atoms. The summed E-state index contributed by atoms with van der Waals surface area (Å²) in [5.41, 5.74) is -3.93. The highest BCUT2D eigenvalue weighted by Crippen LogP contribution is 2.40. The maximum absolute atomic E-state index is 15.6. The molecule has 2 aromatic carbocycles. The second kappa shape index (κ2) is 13.8. The van der Waals surface area contributed by atoms with Crippen molar-refractivity contribution in [1.29, 1.82) is 5.26 Å². The molecule has 0 radical (unpaired) electrons. The first-order chi connectivity index (χ1) is 23.3. The van der Waals surface area contributed by atoms with Gasteiger partial charge in [-0.15, -0.1) is 0 Å². The number of benzene rings is 2. The number of carbonyl (C=O) groups excluding carboxylic acids is 3. The molecule has 3 aliphatic rings. The molecular formula is C35H40F4N6O4S. The Morgan fingerprint density at radius 3 is 2.14 bits per heavy atom. The van der Waals surface area contributed by atoms with Crippen LogP contribution in [-0.2, 0) is 15.7 Å². The topological polar surface area (TPSA) is 100 Å². The summed E-state index contributed by atoms with van der Waals surface area (Å²) in [5, 5.41) is 8.99. The number of ether oxygens (including phenoxy) is 1. The van der Waals surface area contributed by atoms with Gasteiger partial charge in [0.05, 0.1) is 28.4 Å². The lowest BCUT2D eigenvalue weighted by molar-refractivity contribution is -0.137. The van der Waals surface area contributed by atoms with Gasteiger partial charge < -0.3 is 19.4 Å². The van der Waals surface area contributed by atoms with Crippen molar-refractivity contribution in [2.45, 2.75) is 64.8 Å². The molecule has 3 saturated heterocycles. The van der Waals surface area contributed by atoms with Gasteiger partial charge in [-0.25, -0.2) is 9.18 Å². The molecule has 3 amide bonds. The number of piperazine rings is 1. The molecule has 0 atom stereocenters. The Morgan fingerprint density at radius 1 is 0.960 bits per heavy atom. The Kier molecular flexibility index (Phi) is 10.2. The zero-order valence-corrected chi connectivity index (χ0v) is 29.5. The quantitative estimate of drug-likeness (QED) is 0.273. The molecule has 0 aliphatic carbocycles. The number of hydrogen-bond donors (Lipinski definition) is 0. The van der Waals surface area contributed by atoms with Gasteiger partial charge in [-0.3, -0.25) is 19.4 Å². The normalized spacial score (nSPS) is 19.2.